The third kappa shape index (κ3) is 4.22. The van der Waals surface area contributed by atoms with Crippen LogP contribution in [0.3, 0.4) is 0 Å². The van der Waals surface area contributed by atoms with Gasteiger partial charge in [-0.2, -0.15) is 0 Å². The Bertz CT molecular complexity index is 661. The Kier molecular flexibility index (Phi) is 6.14. The summed E-state index contributed by atoms with van der Waals surface area (Å²) in [4.78, 5) is 12.2. The van der Waals surface area contributed by atoms with Crippen molar-refractivity contribution in [1.82, 2.24) is 19.5 Å². The number of fused-ring (bicyclic) bond motifs is 1. The van der Waals surface area contributed by atoms with Gasteiger partial charge in [-0.3, -0.25) is 4.57 Å². The molecule has 0 spiro atoms. The molecule has 0 bridgehead atoms. The highest BCUT2D eigenvalue weighted by molar-refractivity contribution is 14.1. The zero-order chi connectivity index (χ0) is 15.5. The lowest BCUT2D eigenvalue weighted by molar-refractivity contribution is 0.0805. The van der Waals surface area contributed by atoms with Crippen molar-refractivity contribution in [3.8, 4) is 0 Å². The zero-order valence-electron chi connectivity index (χ0n) is 10.8. The molecule has 2 rings (SSSR count). The maximum absolute atomic E-state index is 11.9. The van der Waals surface area contributed by atoms with Crippen LogP contribution < -0.4 is 5.73 Å². The van der Waals surface area contributed by atoms with Gasteiger partial charge in [0, 0.05) is 0 Å². The fraction of sp³-hybridized carbons (Fsp3) is 0.444. The maximum atomic E-state index is 11.9. The molecule has 21 heavy (non-hydrogen) atoms. The van der Waals surface area contributed by atoms with Gasteiger partial charge in [-0.25, -0.2) is 20.7 Å². The van der Waals surface area contributed by atoms with Crippen molar-refractivity contribution < 1.29 is 15.0 Å². The van der Waals surface area contributed by atoms with E-state index < -0.39 is 7.60 Å². The van der Waals surface area contributed by atoms with E-state index >= 15 is 0 Å². The SMILES string of the molecule is C[C@H](Cn1cnc2c(N)ncnc21)OCP(=O)(OI)OI. The third-order valence-corrected chi connectivity index (χ3v) is 7.10. The van der Waals surface area contributed by atoms with Gasteiger partial charge in [-0.1, -0.05) is 0 Å². The summed E-state index contributed by atoms with van der Waals surface area (Å²) in [6.07, 6.45) is 2.61. The van der Waals surface area contributed by atoms with Gasteiger partial charge in [0.25, 0.3) is 0 Å². The summed E-state index contributed by atoms with van der Waals surface area (Å²) < 4.78 is 28.7. The van der Waals surface area contributed by atoms with Gasteiger partial charge in [0.15, 0.2) is 17.8 Å². The minimum absolute atomic E-state index is 0.135. The number of rotatable bonds is 7. The highest BCUT2D eigenvalue weighted by Crippen LogP contribution is 2.52. The Hall–Kier alpha value is -0.0800. The lowest BCUT2D eigenvalue weighted by Crippen LogP contribution is -2.17. The molecule has 0 saturated carbocycles. The van der Waals surface area contributed by atoms with E-state index in [0.717, 1.165) is 0 Å². The molecule has 1 atom stereocenters. The van der Waals surface area contributed by atoms with E-state index in [1.165, 1.54) is 52.3 Å². The molecule has 0 saturated heterocycles. The normalized spacial score (nSPS) is 13.7. The van der Waals surface area contributed by atoms with E-state index in [2.05, 4.69) is 15.0 Å². The van der Waals surface area contributed by atoms with Crippen molar-refractivity contribution in [2.24, 2.45) is 0 Å². The molecule has 12 heteroatoms. The second kappa shape index (κ2) is 7.46. The summed E-state index contributed by atoms with van der Waals surface area (Å²) in [6, 6.07) is 0. The Morgan fingerprint density at radius 1 is 1.38 bits per heavy atom. The van der Waals surface area contributed by atoms with Gasteiger partial charge < -0.3 is 15.0 Å². The standard InChI is InChI=1S/C9H12I2N5O4P/c1-6(18-5-21(17,19-10)20-11)2-16-4-15-7-8(12)13-3-14-9(7)16/h3-4,6H,2,5H2,1H3,(H2,12,13,14)/t6-/m1/s1. The molecule has 0 aromatic carbocycles. The van der Waals surface area contributed by atoms with Crippen LogP contribution in [0, 0.1) is 0 Å². The molecule has 9 nitrogen and oxygen atoms in total. The predicted molar refractivity (Wildman–Crippen MR) is 93.0 cm³/mol. The van der Waals surface area contributed by atoms with Crippen molar-refractivity contribution in [3.05, 3.63) is 12.7 Å². The summed E-state index contributed by atoms with van der Waals surface area (Å²) in [6.45, 7) is 2.30. The van der Waals surface area contributed by atoms with Crippen molar-refractivity contribution in [2.75, 3.05) is 12.1 Å². The Morgan fingerprint density at radius 2 is 2.10 bits per heavy atom. The zero-order valence-corrected chi connectivity index (χ0v) is 16.1. The molecule has 2 N–H and O–H groups in total. The molecule has 0 fully saturated rings. The van der Waals surface area contributed by atoms with Crippen LogP contribution in [-0.2, 0) is 21.6 Å². The van der Waals surface area contributed by atoms with E-state index in [4.69, 9.17) is 16.2 Å². The maximum Gasteiger partial charge on any atom is 0.374 e. The van der Waals surface area contributed by atoms with Crippen molar-refractivity contribution in [1.29, 1.82) is 0 Å². The van der Waals surface area contributed by atoms with E-state index in [1.807, 2.05) is 6.92 Å². The number of ether oxygens (including phenoxy) is 1. The average Bonchev–Trinajstić information content (AvgIpc) is 2.89. The second-order valence-corrected chi connectivity index (χ2v) is 8.30. The molecule has 0 unspecified atom stereocenters. The van der Waals surface area contributed by atoms with Gasteiger partial charge in [0.05, 0.1) is 19.0 Å². The lowest BCUT2D eigenvalue weighted by atomic mass is 10.4. The Labute approximate surface area is 148 Å². The third-order valence-electron chi connectivity index (χ3n) is 2.61. The predicted octanol–water partition coefficient (Wildman–Crippen LogP) is 2.70. The quantitative estimate of drug-likeness (QED) is 0.423. The fourth-order valence-electron chi connectivity index (χ4n) is 1.63. The number of hydrogen-bond acceptors (Lipinski definition) is 8. The smallest absolute Gasteiger partial charge is 0.374 e. The monoisotopic (exact) mass is 539 g/mol. The summed E-state index contributed by atoms with van der Waals surface area (Å²) in [5.74, 6) is 0.327. The second-order valence-electron chi connectivity index (χ2n) is 4.18. The summed E-state index contributed by atoms with van der Waals surface area (Å²) in [5.41, 5.74) is 6.89. The van der Waals surface area contributed by atoms with E-state index in [-0.39, 0.29) is 12.5 Å². The Morgan fingerprint density at radius 3 is 2.76 bits per heavy atom. The van der Waals surface area contributed by atoms with Crippen LogP contribution in [-0.4, -0.2) is 32.0 Å². The molecule has 2 heterocycles. The minimum Gasteiger partial charge on any atom is -0.382 e. The van der Waals surface area contributed by atoms with Crippen LogP contribution in [0.15, 0.2) is 12.7 Å². The average molecular weight is 539 g/mol. The number of nitrogens with two attached hydrogens (primary N) is 1. The van der Waals surface area contributed by atoms with Crippen molar-refractivity contribution in [3.63, 3.8) is 0 Å². The summed E-state index contributed by atoms with van der Waals surface area (Å²) in [5, 5.41) is 0. The van der Waals surface area contributed by atoms with Crippen LogP contribution >= 0.6 is 53.6 Å². The number of nitrogen functional groups attached to an aromatic ring is 1. The molecule has 0 aliphatic rings. The number of halogens is 2. The number of anilines is 1. The van der Waals surface area contributed by atoms with Crippen LogP contribution in [0.1, 0.15) is 6.92 Å². The minimum atomic E-state index is -3.20. The van der Waals surface area contributed by atoms with E-state index in [1.54, 1.807) is 10.9 Å². The molecule has 0 radical (unpaired) electrons. The summed E-state index contributed by atoms with van der Waals surface area (Å²) in [7, 11) is -3.20. The lowest BCUT2D eigenvalue weighted by Gasteiger charge is -2.16. The molecule has 0 aliphatic heterocycles. The molecule has 2 aromatic heterocycles. The molecule has 0 aliphatic carbocycles. The first kappa shape index (κ1) is 17.3. The highest BCUT2D eigenvalue weighted by Gasteiger charge is 2.25. The van der Waals surface area contributed by atoms with E-state index in [9.17, 15) is 4.57 Å². The van der Waals surface area contributed by atoms with Crippen molar-refractivity contribution in [2.45, 2.75) is 19.6 Å². The number of nitrogens with zero attached hydrogens (tertiary/aromatic N) is 4. The molecular formula is C9H12I2N5O4P. The van der Waals surface area contributed by atoms with Gasteiger partial charge in [-0.15, -0.1) is 0 Å². The van der Waals surface area contributed by atoms with Crippen LogP contribution in [0.4, 0.5) is 5.82 Å². The van der Waals surface area contributed by atoms with Gasteiger partial charge in [0.2, 0.25) is 0 Å². The van der Waals surface area contributed by atoms with Gasteiger partial charge >= 0.3 is 7.60 Å². The number of hydrogen-bond donors (Lipinski definition) is 1. The van der Waals surface area contributed by atoms with E-state index in [0.29, 0.717) is 23.5 Å². The first-order chi connectivity index (χ1) is 9.99. The number of imidazole rings is 1. The fourth-order valence-corrected chi connectivity index (χ4v) is 4.26. The van der Waals surface area contributed by atoms with Gasteiger partial charge in [0.1, 0.15) is 57.9 Å². The highest BCUT2D eigenvalue weighted by atomic mass is 127. The molecular weight excluding hydrogens is 527 g/mol. The van der Waals surface area contributed by atoms with Crippen LogP contribution in [0.2, 0.25) is 0 Å². The largest absolute Gasteiger partial charge is 0.382 e. The first-order valence-electron chi connectivity index (χ1n) is 5.71. The molecule has 0 amide bonds. The first-order valence-corrected chi connectivity index (χ1v) is 9.20. The van der Waals surface area contributed by atoms with Crippen LogP contribution in [0.25, 0.3) is 11.2 Å². The molecule has 116 valence electrons. The van der Waals surface area contributed by atoms with Gasteiger partial charge in [-0.05, 0) is 6.92 Å². The van der Waals surface area contributed by atoms with Crippen molar-refractivity contribution >= 4 is 70.6 Å². The van der Waals surface area contributed by atoms with Crippen LogP contribution in [0.5, 0.6) is 0 Å². The Balaban J connectivity index is 2.03. The topological polar surface area (TPSA) is 114 Å². The summed E-state index contributed by atoms with van der Waals surface area (Å²) >= 11 is 3.06. The number of aromatic nitrogens is 4. The molecule has 2 aromatic rings.